The Labute approximate surface area is 165 Å². The Balaban J connectivity index is 1.94. The van der Waals surface area contributed by atoms with Gasteiger partial charge in [0.25, 0.3) is 0 Å². The standard InChI is InChI=1S/C24H25NO3/c1-14(2)28-24(27)21-15(3)25-19-12-7-13-20(26)23(19)22(21)18-11-6-9-16-8-4-5-10-17(16)18/h4-6,8-11,14,21-22H,7,12-13H2,1-3H3/t21?,22-/m1/s1. The number of rotatable bonds is 3. The van der Waals surface area contributed by atoms with Gasteiger partial charge in [0.05, 0.1) is 6.10 Å². The maximum Gasteiger partial charge on any atom is 0.315 e. The van der Waals surface area contributed by atoms with Gasteiger partial charge in [-0.25, -0.2) is 0 Å². The van der Waals surface area contributed by atoms with Crippen molar-refractivity contribution in [1.29, 1.82) is 0 Å². The number of esters is 1. The van der Waals surface area contributed by atoms with Crippen molar-refractivity contribution in [3.8, 4) is 0 Å². The Bertz CT molecular complexity index is 1010. The largest absolute Gasteiger partial charge is 0.462 e. The van der Waals surface area contributed by atoms with E-state index < -0.39 is 5.92 Å². The Morgan fingerprint density at radius 1 is 1.11 bits per heavy atom. The molecular weight excluding hydrogens is 350 g/mol. The number of ketones is 1. The van der Waals surface area contributed by atoms with Crippen molar-refractivity contribution in [2.45, 2.75) is 52.1 Å². The van der Waals surface area contributed by atoms with Crippen molar-refractivity contribution in [1.82, 2.24) is 0 Å². The average Bonchev–Trinajstić information content (AvgIpc) is 2.66. The summed E-state index contributed by atoms with van der Waals surface area (Å²) in [6.07, 6.45) is 1.90. The molecule has 0 bridgehead atoms. The molecule has 0 aromatic heterocycles. The minimum atomic E-state index is -0.575. The van der Waals surface area contributed by atoms with Crippen molar-refractivity contribution in [3.05, 3.63) is 59.3 Å². The molecule has 4 rings (SSSR count). The highest BCUT2D eigenvalue weighted by Crippen LogP contribution is 2.45. The average molecular weight is 375 g/mol. The van der Waals surface area contributed by atoms with E-state index in [9.17, 15) is 9.59 Å². The number of aliphatic imine (C=N–C) groups is 1. The lowest BCUT2D eigenvalue weighted by molar-refractivity contribution is -0.150. The summed E-state index contributed by atoms with van der Waals surface area (Å²) in [7, 11) is 0. The summed E-state index contributed by atoms with van der Waals surface area (Å²) >= 11 is 0. The smallest absolute Gasteiger partial charge is 0.315 e. The Morgan fingerprint density at radius 2 is 1.86 bits per heavy atom. The van der Waals surface area contributed by atoms with Crippen LogP contribution < -0.4 is 0 Å². The molecule has 2 atom stereocenters. The van der Waals surface area contributed by atoms with Gasteiger partial charge in [0, 0.05) is 29.3 Å². The van der Waals surface area contributed by atoms with Gasteiger partial charge < -0.3 is 4.74 Å². The first-order valence-electron chi connectivity index (χ1n) is 9.97. The minimum Gasteiger partial charge on any atom is -0.462 e. The molecule has 28 heavy (non-hydrogen) atoms. The summed E-state index contributed by atoms with van der Waals surface area (Å²) in [6.45, 7) is 5.57. The highest BCUT2D eigenvalue weighted by molar-refractivity contribution is 6.09. The molecule has 0 radical (unpaired) electrons. The predicted octanol–water partition coefficient (Wildman–Crippen LogP) is 4.97. The van der Waals surface area contributed by atoms with E-state index >= 15 is 0 Å². The summed E-state index contributed by atoms with van der Waals surface area (Å²) in [5.74, 6) is -1.12. The van der Waals surface area contributed by atoms with Gasteiger partial charge in [-0.15, -0.1) is 0 Å². The molecule has 2 aliphatic rings. The van der Waals surface area contributed by atoms with Crippen LogP contribution in [0, 0.1) is 5.92 Å². The summed E-state index contributed by atoms with van der Waals surface area (Å²) in [6, 6.07) is 14.2. The SMILES string of the molecule is CC1=NC2=C(C(=O)CCC2)[C@H](c2cccc3ccccc23)C1C(=O)OC(C)C. The van der Waals surface area contributed by atoms with Crippen LogP contribution in [0.1, 0.15) is 51.5 Å². The van der Waals surface area contributed by atoms with E-state index in [0.717, 1.165) is 40.6 Å². The van der Waals surface area contributed by atoms with Crippen molar-refractivity contribution in [2.75, 3.05) is 0 Å². The molecule has 0 spiro atoms. The van der Waals surface area contributed by atoms with E-state index in [4.69, 9.17) is 9.73 Å². The molecule has 0 saturated heterocycles. The maximum atomic E-state index is 13.1. The highest BCUT2D eigenvalue weighted by atomic mass is 16.5. The number of allylic oxidation sites excluding steroid dienone is 2. The molecule has 0 saturated carbocycles. The lowest BCUT2D eigenvalue weighted by Crippen LogP contribution is -2.38. The molecule has 144 valence electrons. The molecule has 0 fully saturated rings. The highest BCUT2D eigenvalue weighted by Gasteiger charge is 2.43. The molecule has 4 nitrogen and oxygen atoms in total. The van der Waals surface area contributed by atoms with Crippen molar-refractivity contribution in [2.24, 2.45) is 10.9 Å². The van der Waals surface area contributed by atoms with E-state index in [1.807, 2.05) is 45.0 Å². The van der Waals surface area contributed by atoms with Crippen molar-refractivity contribution in [3.63, 3.8) is 0 Å². The lowest BCUT2D eigenvalue weighted by atomic mass is 9.71. The summed E-state index contributed by atoms with van der Waals surface area (Å²) in [4.78, 5) is 30.7. The summed E-state index contributed by atoms with van der Waals surface area (Å²) in [5.41, 5.74) is 3.29. The molecule has 4 heteroatoms. The molecule has 1 aliphatic heterocycles. The molecule has 0 N–H and O–H groups in total. The van der Waals surface area contributed by atoms with Gasteiger partial charge in [0.1, 0.15) is 5.92 Å². The number of hydrogen-bond acceptors (Lipinski definition) is 4. The maximum absolute atomic E-state index is 13.1. The van der Waals surface area contributed by atoms with Crippen LogP contribution in [0.4, 0.5) is 0 Å². The fraction of sp³-hybridized carbons (Fsp3) is 0.375. The van der Waals surface area contributed by atoms with E-state index in [1.165, 1.54) is 0 Å². The zero-order chi connectivity index (χ0) is 19.8. The number of carbonyl (C=O) groups excluding carboxylic acids is 2. The van der Waals surface area contributed by atoms with Crippen LogP contribution >= 0.6 is 0 Å². The topological polar surface area (TPSA) is 55.7 Å². The third kappa shape index (κ3) is 3.17. The zero-order valence-corrected chi connectivity index (χ0v) is 16.6. The van der Waals surface area contributed by atoms with Gasteiger partial charge in [0.15, 0.2) is 5.78 Å². The first-order chi connectivity index (χ1) is 13.5. The molecule has 2 aromatic carbocycles. The lowest BCUT2D eigenvalue weighted by Gasteiger charge is -2.35. The van der Waals surface area contributed by atoms with Crippen LogP contribution in [0.5, 0.6) is 0 Å². The normalized spacial score (nSPS) is 22.3. The second-order valence-corrected chi connectivity index (χ2v) is 7.90. The van der Waals surface area contributed by atoms with Gasteiger partial charge in [0.2, 0.25) is 0 Å². The third-order valence-electron chi connectivity index (χ3n) is 5.60. The number of ether oxygens (including phenoxy) is 1. The first-order valence-corrected chi connectivity index (χ1v) is 9.97. The molecule has 1 aliphatic carbocycles. The van der Waals surface area contributed by atoms with E-state index in [-0.39, 0.29) is 23.8 Å². The molecule has 1 unspecified atom stereocenters. The number of benzene rings is 2. The number of hydrogen-bond donors (Lipinski definition) is 0. The first kappa shape index (κ1) is 18.6. The second-order valence-electron chi connectivity index (χ2n) is 7.90. The minimum absolute atomic E-state index is 0.109. The van der Waals surface area contributed by atoms with Crippen LogP contribution in [0.25, 0.3) is 10.8 Å². The second kappa shape index (κ2) is 7.34. The van der Waals surface area contributed by atoms with Crippen molar-refractivity contribution >= 4 is 28.2 Å². The quantitative estimate of drug-likeness (QED) is 0.712. The van der Waals surface area contributed by atoms with Gasteiger partial charge in [-0.3, -0.25) is 14.6 Å². The predicted molar refractivity (Wildman–Crippen MR) is 110 cm³/mol. The Morgan fingerprint density at radius 3 is 2.64 bits per heavy atom. The molecular formula is C24H25NO3. The van der Waals surface area contributed by atoms with E-state index in [1.54, 1.807) is 0 Å². The fourth-order valence-corrected chi connectivity index (χ4v) is 4.47. The monoisotopic (exact) mass is 375 g/mol. The van der Waals surface area contributed by atoms with Crippen molar-refractivity contribution < 1.29 is 14.3 Å². The van der Waals surface area contributed by atoms with Crippen LogP contribution in [0.15, 0.2) is 58.7 Å². The van der Waals surface area contributed by atoms with Crippen LogP contribution in [0.2, 0.25) is 0 Å². The Kier molecular flexibility index (Phi) is 4.88. The molecule has 0 amide bonds. The Hall–Kier alpha value is -2.75. The van der Waals surface area contributed by atoms with Gasteiger partial charge >= 0.3 is 5.97 Å². The summed E-state index contributed by atoms with van der Waals surface area (Å²) < 4.78 is 5.59. The molecule has 1 heterocycles. The summed E-state index contributed by atoms with van der Waals surface area (Å²) in [5, 5.41) is 2.17. The van der Waals surface area contributed by atoms with Crippen LogP contribution in [-0.2, 0) is 14.3 Å². The van der Waals surface area contributed by atoms with Crippen LogP contribution in [-0.4, -0.2) is 23.6 Å². The van der Waals surface area contributed by atoms with E-state index in [2.05, 4.69) is 18.2 Å². The van der Waals surface area contributed by atoms with Gasteiger partial charge in [-0.2, -0.15) is 0 Å². The number of nitrogens with zero attached hydrogens (tertiary/aromatic N) is 1. The van der Waals surface area contributed by atoms with Crippen LogP contribution in [0.3, 0.4) is 0 Å². The number of carbonyl (C=O) groups is 2. The number of fused-ring (bicyclic) bond motifs is 1. The third-order valence-corrected chi connectivity index (χ3v) is 5.60. The zero-order valence-electron chi connectivity index (χ0n) is 16.6. The van der Waals surface area contributed by atoms with Gasteiger partial charge in [-0.05, 0) is 49.9 Å². The number of Topliss-reactive ketones (excluding diaryl/α,β-unsaturated/α-hetero) is 1. The van der Waals surface area contributed by atoms with E-state index in [0.29, 0.717) is 12.0 Å². The molecule has 2 aromatic rings. The fourth-order valence-electron chi connectivity index (χ4n) is 4.47. The van der Waals surface area contributed by atoms with Gasteiger partial charge in [-0.1, -0.05) is 42.5 Å².